The summed E-state index contributed by atoms with van der Waals surface area (Å²) in [5, 5.41) is 2.14. The minimum Gasteiger partial charge on any atom is -0.493 e. The second-order valence-corrected chi connectivity index (χ2v) is 48.3. The quantitative estimate of drug-likeness (QED) is 0.0275. The number of benzene rings is 4. The number of aryl methyl sites for hydroxylation is 2. The van der Waals surface area contributed by atoms with Crippen molar-refractivity contribution in [2.45, 2.75) is 325 Å². The third-order valence-corrected chi connectivity index (χ3v) is 43.1. The van der Waals surface area contributed by atoms with Crippen molar-refractivity contribution in [2.75, 3.05) is 13.2 Å². The van der Waals surface area contributed by atoms with Crippen LogP contribution in [0.4, 0.5) is 8.78 Å². The number of hydrogen-bond acceptors (Lipinski definition) is 14. The summed E-state index contributed by atoms with van der Waals surface area (Å²) in [6.07, 6.45) is 39.5. The second kappa shape index (κ2) is 42.8. The van der Waals surface area contributed by atoms with Crippen molar-refractivity contribution in [3.63, 3.8) is 0 Å². The van der Waals surface area contributed by atoms with E-state index in [1.807, 2.05) is 46.9 Å². The summed E-state index contributed by atoms with van der Waals surface area (Å²) in [6.45, 7) is 28.3. The van der Waals surface area contributed by atoms with Crippen LogP contribution in [0.3, 0.4) is 0 Å². The lowest BCUT2D eigenvalue weighted by Gasteiger charge is -2.31. The molecule has 0 fully saturated rings. The van der Waals surface area contributed by atoms with Gasteiger partial charge in [-0.05, 0) is 110 Å². The number of halogens is 2. The van der Waals surface area contributed by atoms with Crippen LogP contribution in [0, 0.1) is 39.3 Å². The van der Waals surface area contributed by atoms with E-state index in [2.05, 4.69) is 119 Å². The zero-order chi connectivity index (χ0) is 80.1. The first-order chi connectivity index (χ1) is 55.7. The molecule has 0 saturated carbocycles. The first-order valence-electron chi connectivity index (χ1n) is 44.4. The molecule has 0 bridgehead atoms. The largest absolute Gasteiger partial charge is 0.493 e. The Morgan fingerprint density at radius 3 is 1.11 bits per heavy atom. The number of unbranched alkanes of at least 4 members (excludes halogenated alkanes) is 24. The molecule has 0 aliphatic carbocycles. The molecule has 12 aromatic rings. The number of rotatable bonds is 51. The van der Waals surface area contributed by atoms with Gasteiger partial charge in [0.2, 0.25) is 0 Å². The van der Waals surface area contributed by atoms with E-state index >= 15 is 8.78 Å². The maximum Gasteiger partial charge on any atom is 0.168 e. The van der Waals surface area contributed by atoms with Crippen LogP contribution >= 0.6 is 68.8 Å². The molecule has 0 atom stereocenters. The Morgan fingerprint density at radius 1 is 0.325 bits per heavy atom. The molecule has 0 aliphatic heterocycles. The van der Waals surface area contributed by atoms with Crippen LogP contribution in [0.15, 0.2) is 81.6 Å². The van der Waals surface area contributed by atoms with E-state index in [4.69, 9.17) is 35.8 Å². The van der Waals surface area contributed by atoms with Crippen molar-refractivity contribution in [1.29, 1.82) is 0 Å². The molecule has 0 N–H and O–H groups in total. The van der Waals surface area contributed by atoms with Gasteiger partial charge in [0.05, 0.1) is 63.9 Å². The zero-order valence-electron chi connectivity index (χ0n) is 70.8. The molecule has 8 aromatic heterocycles. The van der Waals surface area contributed by atoms with Crippen LogP contribution in [0.1, 0.15) is 283 Å². The monoisotopic (exact) mass is 1690 g/mol. The van der Waals surface area contributed by atoms with E-state index in [0.717, 1.165) is 136 Å². The van der Waals surface area contributed by atoms with Gasteiger partial charge in [-0.3, -0.25) is 0 Å². The van der Waals surface area contributed by atoms with Crippen LogP contribution in [0.25, 0.3) is 118 Å². The van der Waals surface area contributed by atoms with Crippen LogP contribution in [-0.2, 0) is 0 Å². The summed E-state index contributed by atoms with van der Waals surface area (Å²) >= 11 is 9.32. The number of furan rings is 2. The van der Waals surface area contributed by atoms with E-state index in [1.54, 1.807) is 21.1 Å². The smallest absolute Gasteiger partial charge is 0.168 e. The molecule has 0 radical (unpaired) electrons. The molecule has 114 heavy (non-hydrogen) atoms. The Kier molecular flexibility index (Phi) is 32.9. The van der Waals surface area contributed by atoms with E-state index in [0.29, 0.717) is 40.0 Å². The van der Waals surface area contributed by atoms with Gasteiger partial charge in [0.15, 0.2) is 11.6 Å². The minimum atomic E-state index is -1.89. The lowest BCUT2D eigenvalue weighted by Crippen LogP contribution is -2.45. The SMILES string of the molecule is CCCCCCCCCCCCOc1c(C)c(-c2ccc(-c3ccc(-c4ccc(-c5c(OCCCCCCCCCCCC)c(C)c(-c6cc7c(-c8ccc([Si](CCCC)(CCCC)CCCC)s8)c8oc(C)cc8c(-c8ccc([Si](CCCC)(CCCC)CCCC)s8)c7o6)c6nsnc56)s4)c(F)c3F)s2)c2nsnc2c1C. The van der Waals surface area contributed by atoms with Gasteiger partial charge in [0, 0.05) is 84.5 Å². The maximum atomic E-state index is 17.3. The van der Waals surface area contributed by atoms with Gasteiger partial charge in [-0.25, -0.2) is 8.78 Å². The highest BCUT2D eigenvalue weighted by molar-refractivity contribution is 7.30. The Morgan fingerprint density at radius 2 is 0.667 bits per heavy atom. The van der Waals surface area contributed by atoms with Crippen molar-refractivity contribution in [1.82, 2.24) is 17.5 Å². The number of fused-ring (bicyclic) bond motifs is 4. The molecule has 8 nitrogen and oxygen atoms in total. The van der Waals surface area contributed by atoms with Gasteiger partial charge in [0.25, 0.3) is 0 Å². The summed E-state index contributed by atoms with van der Waals surface area (Å²) in [7, 11) is -3.79. The zero-order valence-corrected chi connectivity index (χ0v) is 77.7. The first-order valence-corrected chi connectivity index (χ1v) is 54.4. The molecule has 12 rings (SSSR count). The molecule has 614 valence electrons. The van der Waals surface area contributed by atoms with E-state index in [1.165, 1.54) is 266 Å². The number of thiophene rings is 4. The summed E-state index contributed by atoms with van der Waals surface area (Å²) in [6, 6.07) is 33.8. The average molecular weight is 1690 g/mol. The Hall–Kier alpha value is -5.71. The molecule has 0 spiro atoms. The highest BCUT2D eigenvalue weighted by Gasteiger charge is 2.39. The van der Waals surface area contributed by atoms with Gasteiger partial charge >= 0.3 is 0 Å². The van der Waals surface area contributed by atoms with Crippen molar-refractivity contribution in [2.24, 2.45) is 0 Å². The fraction of sp³-hybridized carbons (Fsp3) is 0.542. The highest BCUT2D eigenvalue weighted by atomic mass is 32.1. The standard InChI is InChI=1S/C96H128F2N4O4S6Si2/c1-13-21-29-31-33-35-37-39-41-43-55-103-93-67(11)83(91-89(68(93)12)99-111-101-91)76-49-47-74(107-76)69-45-46-70(88(98)87(69)97)75-48-50-79(108-75)86-92-90(100-112-102-92)82(66(10)94(86)104-56-44-42-40-38-36-34-32-30-22-14-2)73-64-72-85(78-52-54-81(110-78)114(60-26-18-6,61-27-19-7)62-28-20-8)95-71(63-65(9)105-95)84(96(72)106-73)77-51-53-80(109-77)113(57-23-15-3,58-24-16-4)59-25-17-5/h45-54,63-64H,13-44,55-62H2,1-12H3. The molecular weight excluding hydrogens is 1560 g/mol. The summed E-state index contributed by atoms with van der Waals surface area (Å²) in [5.74, 6) is 1.38. The Bertz CT molecular complexity index is 4880. The van der Waals surface area contributed by atoms with Crippen molar-refractivity contribution in [3.05, 3.63) is 107 Å². The predicted octanol–water partition coefficient (Wildman–Crippen LogP) is 33.3. The molecule has 0 aliphatic rings. The summed E-state index contributed by atoms with van der Waals surface area (Å²) in [5.41, 5.74) is 12.9. The number of nitrogens with zero attached hydrogens (tertiary/aromatic N) is 4. The van der Waals surface area contributed by atoms with E-state index < -0.39 is 27.8 Å². The maximum absolute atomic E-state index is 17.3. The summed E-state index contributed by atoms with van der Waals surface area (Å²) < 4.78 is 86.7. The molecule has 0 amide bonds. The van der Waals surface area contributed by atoms with Crippen LogP contribution in [-0.4, -0.2) is 46.9 Å². The lowest BCUT2D eigenvalue weighted by atomic mass is 9.96. The molecule has 8 heterocycles. The van der Waals surface area contributed by atoms with Crippen LogP contribution in [0.5, 0.6) is 11.5 Å². The van der Waals surface area contributed by atoms with Gasteiger partial charge in [-0.2, -0.15) is 17.5 Å². The normalized spacial score (nSPS) is 12.3. The second-order valence-electron chi connectivity index (χ2n) is 33.0. The fourth-order valence-electron chi connectivity index (χ4n) is 17.9. The van der Waals surface area contributed by atoms with Gasteiger partial charge < -0.3 is 18.3 Å². The third kappa shape index (κ3) is 19.9. The van der Waals surface area contributed by atoms with Crippen LogP contribution in [0.2, 0.25) is 36.3 Å². The van der Waals surface area contributed by atoms with Crippen molar-refractivity contribution in [3.8, 4) is 85.5 Å². The first kappa shape index (κ1) is 87.6. The number of aromatic nitrogens is 4. The average Bonchev–Trinajstić information content (AvgIpc) is 1.50. The van der Waals surface area contributed by atoms with Crippen LogP contribution < -0.4 is 18.5 Å². The topological polar surface area (TPSA) is 96.3 Å². The van der Waals surface area contributed by atoms with Crippen molar-refractivity contribution >= 4 is 138 Å². The summed E-state index contributed by atoms with van der Waals surface area (Å²) in [4.78, 5) is 5.44. The highest BCUT2D eigenvalue weighted by Crippen LogP contribution is 2.55. The van der Waals surface area contributed by atoms with Crippen molar-refractivity contribution < 1.29 is 27.1 Å². The molecule has 18 heteroatoms. The third-order valence-electron chi connectivity index (χ3n) is 24.5. The predicted molar refractivity (Wildman–Crippen MR) is 500 cm³/mol. The molecular formula is C96H128F2N4O4S6Si2. The number of hydrogen-bond donors (Lipinski definition) is 0. The molecule has 0 saturated heterocycles. The lowest BCUT2D eigenvalue weighted by molar-refractivity contribution is 0.301. The molecule has 0 unspecified atom stereocenters. The van der Waals surface area contributed by atoms with Gasteiger partial charge in [-0.1, -0.05) is 296 Å². The Balaban J connectivity index is 0.939. The Labute approximate surface area is 707 Å². The number of ether oxygens (including phenoxy) is 2. The van der Waals surface area contributed by atoms with Gasteiger partial charge in [-0.15, -0.1) is 45.3 Å². The molecule has 4 aromatic carbocycles. The fourth-order valence-corrected chi connectivity index (χ4v) is 37.2. The van der Waals surface area contributed by atoms with E-state index in [-0.39, 0.29) is 11.1 Å². The minimum absolute atomic E-state index is 0.198. The van der Waals surface area contributed by atoms with E-state index in [9.17, 15) is 0 Å². The van der Waals surface area contributed by atoms with Gasteiger partial charge in [0.1, 0.15) is 56.3 Å².